The van der Waals surface area contributed by atoms with Crippen molar-refractivity contribution in [3.05, 3.63) is 95.8 Å². The SMILES string of the molecule is CC(C)(C)[C@H](c1cc(-c2cc(F)ccc2F)cn1Cc1ccccc1)N(CCCN)C(=O)CSC[C@@H](C(=O)O)N(C(=O)CCOCCOCCOCCOCCNC(=O)CCN1C(=O)C=CC1=O)C(=O)CC[C@H](N)C(=O)O. The fourth-order valence-corrected chi connectivity index (χ4v) is 9.11. The number of carboxylic acids is 2. The van der Waals surface area contributed by atoms with Gasteiger partial charge in [-0.2, -0.15) is 0 Å². The molecule has 21 nitrogen and oxygen atoms in total. The van der Waals surface area contributed by atoms with E-state index in [2.05, 4.69) is 5.32 Å². The predicted molar refractivity (Wildman–Crippen MR) is 280 cm³/mol. The summed E-state index contributed by atoms with van der Waals surface area (Å²) in [6.45, 7) is 7.73. The normalized spacial score (nSPS) is 13.6. The van der Waals surface area contributed by atoms with E-state index < -0.39 is 102 Å². The number of nitrogens with zero attached hydrogens (tertiary/aromatic N) is 4. The van der Waals surface area contributed by atoms with Gasteiger partial charge in [-0.1, -0.05) is 51.1 Å². The van der Waals surface area contributed by atoms with Crippen LogP contribution >= 0.6 is 11.8 Å². The summed E-state index contributed by atoms with van der Waals surface area (Å²) in [4.78, 5) is 104. The number of hydrogen-bond acceptors (Lipinski definition) is 15. The number of aliphatic carboxylic acids is 2. The lowest BCUT2D eigenvalue weighted by molar-refractivity contribution is -0.157. The lowest BCUT2D eigenvalue weighted by Crippen LogP contribution is -2.51. The summed E-state index contributed by atoms with van der Waals surface area (Å²) in [5.74, 6) is -8.49. The Morgan fingerprint density at radius 2 is 1.39 bits per heavy atom. The van der Waals surface area contributed by atoms with Crippen molar-refractivity contribution in [3.8, 4) is 11.1 Å². The first kappa shape index (κ1) is 63.1. The first-order valence-electron chi connectivity index (χ1n) is 25.2. The predicted octanol–water partition coefficient (Wildman–Crippen LogP) is 3.37. The standard InChI is InChI=1S/C53H71F2N7O14S/c1-53(2,3)50(42-30-37(39-31-38(54)10-11-40(39)55)33-59(42)32-36-8-5-4-6-9-36)61(20-7-18-56)49(68)35-77-34-43(52(71)72)62(47(66)13-12-41(57)51(69)70)48(67)17-22-73-24-26-75-28-29-76-27-25-74-23-19-58-44(63)16-21-60-45(64)14-15-46(60)65/h4-6,8-11,14-15,30-31,33,41,43,50H,7,12-13,16-29,32,34-35,56-57H2,1-3H3,(H,58,63)(H,69,70)(H,71,72)/t41-,43-,50-/m0/s1. The second-order valence-electron chi connectivity index (χ2n) is 18.9. The van der Waals surface area contributed by atoms with Gasteiger partial charge in [0.15, 0.2) is 0 Å². The Bertz CT molecular complexity index is 2470. The summed E-state index contributed by atoms with van der Waals surface area (Å²) in [6.07, 6.45) is 2.98. The molecule has 4 rings (SSSR count). The smallest absolute Gasteiger partial charge is 0.327 e. The van der Waals surface area contributed by atoms with Crippen molar-refractivity contribution in [2.75, 3.05) is 90.5 Å². The molecular weight excluding hydrogens is 1030 g/mol. The van der Waals surface area contributed by atoms with Crippen LogP contribution in [-0.2, 0) is 63.8 Å². The molecule has 0 bridgehead atoms. The summed E-state index contributed by atoms with van der Waals surface area (Å²) in [5, 5.41) is 22.4. The number of thioether (sulfide) groups is 1. The van der Waals surface area contributed by atoms with E-state index in [1.165, 1.54) is 0 Å². The fraction of sp³-hybridized carbons (Fsp3) is 0.509. The zero-order chi connectivity index (χ0) is 56.5. The number of nitrogens with one attached hydrogen (secondary N) is 1. The molecule has 0 aliphatic carbocycles. The van der Waals surface area contributed by atoms with Crippen LogP contribution in [0.1, 0.15) is 70.2 Å². The Labute approximate surface area is 450 Å². The van der Waals surface area contributed by atoms with Gasteiger partial charge < -0.3 is 55.4 Å². The highest BCUT2D eigenvalue weighted by Crippen LogP contribution is 2.41. The van der Waals surface area contributed by atoms with Crippen molar-refractivity contribution in [1.29, 1.82) is 0 Å². The molecule has 3 aromatic rings. The number of nitrogens with two attached hydrogens (primary N) is 2. The van der Waals surface area contributed by atoms with E-state index in [4.69, 9.17) is 30.4 Å². The molecule has 6 amide bonds. The van der Waals surface area contributed by atoms with Crippen LogP contribution in [0.15, 0.2) is 72.9 Å². The second-order valence-corrected chi connectivity index (χ2v) is 19.9. The Morgan fingerprint density at radius 3 is 1.99 bits per heavy atom. The van der Waals surface area contributed by atoms with E-state index >= 15 is 4.39 Å². The average molecular weight is 1100 g/mol. The van der Waals surface area contributed by atoms with E-state index in [9.17, 15) is 53.0 Å². The quantitative estimate of drug-likeness (QED) is 0.0412. The molecule has 77 heavy (non-hydrogen) atoms. The van der Waals surface area contributed by atoms with Crippen molar-refractivity contribution < 1.29 is 76.3 Å². The number of carboxylic acid groups (broad SMARTS) is 2. The topological polar surface area (TPSA) is 293 Å². The molecule has 3 atom stereocenters. The Hall–Kier alpha value is -6.41. The van der Waals surface area contributed by atoms with E-state index in [1.807, 2.05) is 55.7 Å². The number of hydrogen-bond donors (Lipinski definition) is 5. The number of carbonyl (C=O) groups excluding carboxylic acids is 6. The highest BCUT2D eigenvalue weighted by atomic mass is 32.2. The molecule has 0 fully saturated rings. The molecule has 2 aromatic carbocycles. The Kier molecular flexibility index (Phi) is 26.5. The molecule has 1 aliphatic heterocycles. The molecule has 422 valence electrons. The van der Waals surface area contributed by atoms with Gasteiger partial charge in [0, 0.05) is 79.9 Å². The zero-order valence-electron chi connectivity index (χ0n) is 43.7. The van der Waals surface area contributed by atoms with Gasteiger partial charge in [0.25, 0.3) is 11.8 Å². The molecule has 0 saturated carbocycles. The van der Waals surface area contributed by atoms with Gasteiger partial charge in [0.05, 0.1) is 71.1 Å². The summed E-state index contributed by atoms with van der Waals surface area (Å²) < 4.78 is 53.6. The number of imide groups is 2. The summed E-state index contributed by atoms with van der Waals surface area (Å²) in [7, 11) is 0. The van der Waals surface area contributed by atoms with Crippen LogP contribution in [0.25, 0.3) is 11.1 Å². The number of halogens is 2. The molecule has 24 heteroatoms. The number of ether oxygens (including phenoxy) is 4. The molecule has 0 saturated heterocycles. The van der Waals surface area contributed by atoms with Gasteiger partial charge in [-0.25, -0.2) is 13.6 Å². The molecule has 2 heterocycles. The number of aromatic nitrogens is 1. The average Bonchev–Trinajstić information content (AvgIpc) is 3.97. The van der Waals surface area contributed by atoms with E-state index in [0.29, 0.717) is 29.1 Å². The Balaban J connectivity index is 1.32. The summed E-state index contributed by atoms with van der Waals surface area (Å²) in [5.41, 5.74) is 12.9. The largest absolute Gasteiger partial charge is 0.480 e. The third-order valence-corrected chi connectivity index (χ3v) is 12.9. The first-order chi connectivity index (χ1) is 36.7. The Morgan fingerprint density at radius 1 is 0.779 bits per heavy atom. The van der Waals surface area contributed by atoms with Crippen molar-refractivity contribution >= 4 is 59.1 Å². The fourth-order valence-electron chi connectivity index (χ4n) is 8.14. The molecule has 0 radical (unpaired) electrons. The number of carbonyl (C=O) groups is 8. The van der Waals surface area contributed by atoms with Crippen molar-refractivity contribution in [2.24, 2.45) is 16.9 Å². The third-order valence-electron chi connectivity index (χ3n) is 11.9. The zero-order valence-corrected chi connectivity index (χ0v) is 44.5. The minimum Gasteiger partial charge on any atom is -0.480 e. The molecule has 7 N–H and O–H groups in total. The summed E-state index contributed by atoms with van der Waals surface area (Å²) in [6, 6.07) is 10.4. The maximum Gasteiger partial charge on any atom is 0.327 e. The monoisotopic (exact) mass is 1100 g/mol. The van der Waals surface area contributed by atoms with Crippen molar-refractivity contribution in [1.82, 2.24) is 24.6 Å². The first-order valence-corrected chi connectivity index (χ1v) is 26.3. The molecule has 1 aromatic heterocycles. The van der Waals surface area contributed by atoms with Crippen LogP contribution in [0, 0.1) is 17.0 Å². The van der Waals surface area contributed by atoms with Crippen LogP contribution in [0.5, 0.6) is 0 Å². The number of benzene rings is 2. The lowest BCUT2D eigenvalue weighted by Gasteiger charge is -2.41. The third kappa shape index (κ3) is 20.8. The number of rotatable bonds is 36. The second kappa shape index (κ2) is 32.4. The van der Waals surface area contributed by atoms with Gasteiger partial charge in [-0.15, -0.1) is 11.8 Å². The van der Waals surface area contributed by atoms with Crippen molar-refractivity contribution in [2.45, 2.75) is 77.5 Å². The van der Waals surface area contributed by atoms with Gasteiger partial charge in [0.2, 0.25) is 23.6 Å². The van der Waals surface area contributed by atoms with Crippen LogP contribution in [0.2, 0.25) is 0 Å². The highest BCUT2D eigenvalue weighted by Gasteiger charge is 2.39. The molecular formula is C53H71F2N7O14S. The van der Waals surface area contributed by atoms with Gasteiger partial charge in [-0.05, 0) is 54.6 Å². The van der Waals surface area contributed by atoms with Crippen LogP contribution in [0.4, 0.5) is 8.78 Å². The van der Waals surface area contributed by atoms with Gasteiger partial charge >= 0.3 is 11.9 Å². The number of amides is 6. The summed E-state index contributed by atoms with van der Waals surface area (Å²) >= 11 is 0.878. The van der Waals surface area contributed by atoms with E-state index in [-0.39, 0.29) is 103 Å². The van der Waals surface area contributed by atoms with Crippen LogP contribution < -0.4 is 16.8 Å². The van der Waals surface area contributed by atoms with Gasteiger partial charge in [0.1, 0.15) is 23.7 Å². The maximum absolute atomic E-state index is 15.3. The van der Waals surface area contributed by atoms with E-state index in [0.717, 1.165) is 52.6 Å². The maximum atomic E-state index is 15.3. The minimum absolute atomic E-state index is 0.0140. The highest BCUT2D eigenvalue weighted by molar-refractivity contribution is 8.00. The molecule has 1 aliphatic rings. The molecule has 0 spiro atoms. The van der Waals surface area contributed by atoms with Gasteiger partial charge in [-0.3, -0.25) is 43.4 Å². The lowest BCUT2D eigenvalue weighted by atomic mass is 9.83. The van der Waals surface area contributed by atoms with Crippen LogP contribution in [0.3, 0.4) is 0 Å². The van der Waals surface area contributed by atoms with Crippen LogP contribution in [-0.4, -0.2) is 179 Å². The molecule has 0 unspecified atom stereocenters. The van der Waals surface area contributed by atoms with E-state index in [1.54, 1.807) is 17.2 Å². The van der Waals surface area contributed by atoms with Crippen molar-refractivity contribution in [3.63, 3.8) is 0 Å². The minimum atomic E-state index is -1.78.